The number of halogens is 3. The van der Waals surface area contributed by atoms with Crippen molar-refractivity contribution in [1.82, 2.24) is 10.6 Å². The van der Waals surface area contributed by atoms with Crippen LogP contribution in [0.1, 0.15) is 94.5 Å². The van der Waals surface area contributed by atoms with Crippen molar-refractivity contribution in [3.05, 3.63) is 65.2 Å². The summed E-state index contributed by atoms with van der Waals surface area (Å²) in [6.45, 7) is 19.2. The van der Waals surface area contributed by atoms with Crippen LogP contribution < -0.4 is 10.6 Å². The summed E-state index contributed by atoms with van der Waals surface area (Å²) >= 11 is 8.95. The van der Waals surface area contributed by atoms with Gasteiger partial charge in [-0.05, 0) is 84.9 Å². The lowest BCUT2D eigenvalue weighted by molar-refractivity contribution is -0.153. The number of nitrogens with one attached hydrogen (secondary N) is 2. The van der Waals surface area contributed by atoms with Crippen LogP contribution in [0.2, 0.25) is 0 Å². The highest BCUT2D eigenvalue weighted by Gasteiger charge is 2.37. The van der Waals surface area contributed by atoms with Crippen LogP contribution in [0.4, 0.5) is 4.79 Å². The number of aliphatic hydroxyl groups is 1. The van der Waals surface area contributed by atoms with Gasteiger partial charge >= 0.3 is 23.9 Å². The molecule has 1 heterocycles. The van der Waals surface area contributed by atoms with Gasteiger partial charge in [-0.25, -0.2) is 22.8 Å². The van der Waals surface area contributed by atoms with Crippen molar-refractivity contribution < 1.29 is 47.7 Å². The van der Waals surface area contributed by atoms with Crippen LogP contribution in [0.25, 0.3) is 0 Å². The van der Waals surface area contributed by atoms with Crippen LogP contribution in [0.5, 0.6) is 0 Å². The van der Waals surface area contributed by atoms with Gasteiger partial charge in [0.25, 0.3) is 0 Å². The summed E-state index contributed by atoms with van der Waals surface area (Å²) in [6, 6.07) is 12.3. The van der Waals surface area contributed by atoms with E-state index in [1.807, 2.05) is 27.7 Å². The minimum Gasteiger partial charge on any atom is -0.478 e. The van der Waals surface area contributed by atoms with E-state index in [0.29, 0.717) is 0 Å². The molecule has 1 atom stereocenters. The number of carbonyl (C=O) groups is 4. The molecule has 1 aliphatic rings. The Morgan fingerprint density at radius 1 is 0.863 bits per heavy atom. The van der Waals surface area contributed by atoms with Crippen molar-refractivity contribution in [2.45, 2.75) is 87.6 Å². The minimum atomic E-state index is -3.43. The number of carbonyl (C=O) groups excluding carboxylic acids is 2. The number of rotatable bonds is 9. The molecule has 2 amide bonds. The van der Waals surface area contributed by atoms with Crippen LogP contribution in [0.3, 0.4) is 0 Å². The van der Waals surface area contributed by atoms with E-state index >= 15 is 0 Å². The van der Waals surface area contributed by atoms with Gasteiger partial charge in [0, 0.05) is 18.5 Å². The molecule has 290 valence electrons. The Bertz CT molecular complexity index is 1470. The summed E-state index contributed by atoms with van der Waals surface area (Å²) < 4.78 is 27.3. The predicted molar refractivity (Wildman–Crippen MR) is 211 cm³/mol. The zero-order chi connectivity index (χ0) is 40.2. The molecule has 3 rings (SSSR count). The molecule has 0 aliphatic carbocycles. The van der Waals surface area contributed by atoms with E-state index in [1.165, 1.54) is 37.1 Å². The first-order chi connectivity index (χ1) is 23.4. The first-order valence-corrected chi connectivity index (χ1v) is 20.0. The van der Waals surface area contributed by atoms with Gasteiger partial charge in [0.05, 0.1) is 34.7 Å². The number of amides is 2. The number of esters is 1. The number of unbranched alkanes of at least 4 members (excludes halogenated alkanes) is 1. The Morgan fingerprint density at radius 3 is 1.67 bits per heavy atom. The van der Waals surface area contributed by atoms with Gasteiger partial charge in [0.1, 0.15) is 0 Å². The standard InChI is InChI=1S/C12H24O3.C9H8O4.C7H5Br3O2S.C4H10.C3H6N2O/c1-8(2)10(13)12(5,6)7-15-11(14)9(3)4;1-5-2-3-6(8(10)11)7(4-5)9(12)13;8-7(9,10)13(11,12)6-4-2-1-3-5-6;1-3-4-2;6-3-4-1-2-5-3/h8-10,13H,7H2,1-6H3;2-4H,1H3,(H,10,11)(H,12,13);1-5H;3-4H2,1-2H3;1-2H2,(H2,4,5,6). The second-order valence-corrected chi connectivity index (χ2v) is 23.0. The van der Waals surface area contributed by atoms with Gasteiger partial charge in [-0.1, -0.05) is 98.1 Å². The molecule has 0 spiro atoms. The summed E-state index contributed by atoms with van der Waals surface area (Å²) in [5.41, 5.74) is -0.0216. The lowest BCUT2D eigenvalue weighted by Gasteiger charge is -2.32. The fraction of sp³-hybridized carbons (Fsp3) is 0.543. The van der Waals surface area contributed by atoms with Gasteiger partial charge in [0.2, 0.25) is 11.3 Å². The molecule has 12 nitrogen and oxygen atoms in total. The number of aliphatic hydroxyl groups excluding tert-OH is 1. The molecule has 0 radical (unpaired) electrons. The molecule has 0 aromatic heterocycles. The lowest BCUT2D eigenvalue weighted by atomic mass is 9.81. The molecule has 1 aliphatic heterocycles. The molecule has 2 aromatic carbocycles. The van der Waals surface area contributed by atoms with E-state index in [2.05, 4.69) is 72.3 Å². The number of hydrogen-bond acceptors (Lipinski definition) is 8. The van der Waals surface area contributed by atoms with Crippen molar-refractivity contribution in [1.29, 1.82) is 0 Å². The Morgan fingerprint density at radius 2 is 1.33 bits per heavy atom. The van der Waals surface area contributed by atoms with Gasteiger partial charge in [-0.2, -0.15) is 0 Å². The lowest BCUT2D eigenvalue weighted by Crippen LogP contribution is -2.38. The largest absolute Gasteiger partial charge is 0.478 e. The number of alkyl halides is 3. The zero-order valence-electron chi connectivity index (χ0n) is 30.6. The smallest absolute Gasteiger partial charge is 0.336 e. The third kappa shape index (κ3) is 20.3. The fourth-order valence-corrected chi connectivity index (χ4v) is 6.05. The first-order valence-electron chi connectivity index (χ1n) is 16.2. The summed E-state index contributed by atoms with van der Waals surface area (Å²) in [7, 11) is -3.43. The number of aromatic carboxylic acids is 2. The minimum absolute atomic E-state index is 0.0463. The molecule has 0 bridgehead atoms. The van der Waals surface area contributed by atoms with Gasteiger partial charge in [-0.3, -0.25) is 4.79 Å². The fourth-order valence-electron chi connectivity index (χ4n) is 3.58. The van der Waals surface area contributed by atoms with Crippen LogP contribution >= 0.6 is 47.8 Å². The number of carboxylic acid groups (broad SMARTS) is 2. The highest BCUT2D eigenvalue weighted by Crippen LogP contribution is 2.42. The molecular formula is C35H53Br3N2O10S. The maximum Gasteiger partial charge on any atom is 0.336 e. The molecule has 0 saturated carbocycles. The maximum absolute atomic E-state index is 11.7. The summed E-state index contributed by atoms with van der Waals surface area (Å²) in [6.07, 6.45) is 2.18. The molecule has 16 heteroatoms. The third-order valence-corrected chi connectivity index (χ3v) is 12.0. The van der Waals surface area contributed by atoms with Crippen LogP contribution in [-0.2, 0) is 19.4 Å². The normalized spacial score (nSPS) is 12.9. The quantitative estimate of drug-likeness (QED) is 0.122. The molecule has 1 unspecified atom stereocenters. The van der Waals surface area contributed by atoms with Crippen molar-refractivity contribution in [3.8, 4) is 0 Å². The van der Waals surface area contributed by atoms with Crippen LogP contribution in [-0.4, -0.2) is 75.0 Å². The zero-order valence-corrected chi connectivity index (χ0v) is 36.2. The molecule has 1 fully saturated rings. The summed E-state index contributed by atoms with van der Waals surface area (Å²) in [4.78, 5) is 42.7. The third-order valence-electron chi connectivity index (χ3n) is 6.68. The first kappa shape index (κ1) is 50.6. The second-order valence-electron chi connectivity index (χ2n) is 12.5. The highest BCUT2D eigenvalue weighted by molar-refractivity contribution is 9.42. The monoisotopic (exact) mass is 930 g/mol. The van der Waals surface area contributed by atoms with E-state index in [0.717, 1.165) is 18.7 Å². The van der Waals surface area contributed by atoms with E-state index < -0.39 is 34.8 Å². The average Bonchev–Trinajstić information content (AvgIpc) is 3.54. The Labute approximate surface area is 327 Å². The predicted octanol–water partition coefficient (Wildman–Crippen LogP) is 7.98. The van der Waals surface area contributed by atoms with Gasteiger partial charge < -0.3 is 30.7 Å². The summed E-state index contributed by atoms with van der Waals surface area (Å²) in [5, 5.41) is 32.4. The Hall–Kier alpha value is -2.53. The number of hydrogen-bond donors (Lipinski definition) is 5. The molecule has 2 aromatic rings. The second kappa shape index (κ2) is 24.7. The van der Waals surface area contributed by atoms with Crippen molar-refractivity contribution in [3.63, 3.8) is 0 Å². The number of benzene rings is 2. The van der Waals surface area contributed by atoms with E-state index in [9.17, 15) is 32.7 Å². The van der Waals surface area contributed by atoms with Crippen LogP contribution in [0.15, 0.2) is 53.4 Å². The number of aryl methyl sites for hydroxylation is 1. The topological polar surface area (TPSA) is 196 Å². The Kier molecular flexibility index (Phi) is 24.5. The van der Waals surface area contributed by atoms with Crippen molar-refractivity contribution in [2.75, 3.05) is 19.7 Å². The number of sulfone groups is 1. The van der Waals surface area contributed by atoms with E-state index in [-0.39, 0.29) is 46.5 Å². The molecule has 51 heavy (non-hydrogen) atoms. The summed E-state index contributed by atoms with van der Waals surface area (Å²) in [5.74, 6) is -2.60. The number of carboxylic acids is 2. The Balaban J connectivity index is 0. The molecular weight excluding hydrogens is 880 g/mol. The van der Waals surface area contributed by atoms with Crippen molar-refractivity contribution >= 4 is 81.6 Å². The van der Waals surface area contributed by atoms with Gasteiger partial charge in [0.15, 0.2) is 0 Å². The molecule has 5 N–H and O–H groups in total. The maximum atomic E-state index is 11.7. The SMILES string of the molecule is CC(C)C(=O)OCC(C)(C)C(O)C(C)C.CCCC.Cc1ccc(C(=O)O)c(C(=O)O)c1.O=C1NCCN1.O=S(=O)(c1ccccc1)C(Br)(Br)Br. The van der Waals surface area contributed by atoms with Crippen LogP contribution in [0, 0.1) is 24.2 Å². The number of urea groups is 1. The van der Waals surface area contributed by atoms with Crippen molar-refractivity contribution in [2.24, 2.45) is 17.3 Å². The average molecular weight is 934 g/mol. The highest BCUT2D eigenvalue weighted by atomic mass is 80.0. The van der Waals surface area contributed by atoms with E-state index in [4.69, 9.17) is 14.9 Å². The van der Waals surface area contributed by atoms with E-state index in [1.54, 1.807) is 45.0 Å². The molecule has 1 saturated heterocycles. The number of ether oxygens (including phenoxy) is 1. The van der Waals surface area contributed by atoms with Gasteiger partial charge in [-0.15, -0.1) is 0 Å².